The van der Waals surface area contributed by atoms with Gasteiger partial charge in [-0.2, -0.15) is 0 Å². The first kappa shape index (κ1) is 14.3. The van der Waals surface area contributed by atoms with Crippen LogP contribution >= 0.6 is 0 Å². The minimum atomic E-state index is 0.667. The maximum atomic E-state index is 5.47. The van der Waals surface area contributed by atoms with Crippen LogP contribution in [-0.2, 0) is 0 Å². The van der Waals surface area contributed by atoms with Gasteiger partial charge in [0.25, 0.3) is 0 Å². The van der Waals surface area contributed by atoms with Crippen LogP contribution in [0.1, 0.15) is 0 Å². The fourth-order valence-electron chi connectivity index (χ4n) is 2.80. The first-order valence-electron chi connectivity index (χ1n) is 7.48. The van der Waals surface area contributed by atoms with Gasteiger partial charge in [-0.15, -0.1) is 0 Å². The Kier molecular flexibility index (Phi) is 3.42. The summed E-state index contributed by atoms with van der Waals surface area (Å²) in [5.74, 6) is 1.34. The maximum absolute atomic E-state index is 5.47. The number of methoxy groups -OCH3 is 2. The molecule has 0 unspecified atom stereocenters. The Balaban J connectivity index is 1.97. The van der Waals surface area contributed by atoms with Gasteiger partial charge in [-0.1, -0.05) is 0 Å². The largest absolute Gasteiger partial charge is 0.493 e. The highest BCUT2D eigenvalue weighted by atomic mass is 16.5. The van der Waals surface area contributed by atoms with E-state index >= 15 is 0 Å². The third-order valence-corrected chi connectivity index (χ3v) is 4.00. The van der Waals surface area contributed by atoms with E-state index in [0.29, 0.717) is 11.5 Å². The van der Waals surface area contributed by atoms with Gasteiger partial charge in [0.2, 0.25) is 0 Å². The molecule has 24 heavy (non-hydrogen) atoms. The van der Waals surface area contributed by atoms with Crippen LogP contribution in [0.3, 0.4) is 0 Å². The van der Waals surface area contributed by atoms with E-state index in [2.05, 4.69) is 21.0 Å². The molecule has 6 nitrogen and oxygen atoms in total. The number of fused-ring (bicyclic) bond motifs is 1. The fraction of sp³-hybridized carbons (Fsp3) is 0.111. The number of benzene rings is 1. The Morgan fingerprint density at radius 3 is 2.67 bits per heavy atom. The van der Waals surface area contributed by atoms with Gasteiger partial charge < -0.3 is 19.0 Å². The zero-order valence-corrected chi connectivity index (χ0v) is 13.4. The summed E-state index contributed by atoms with van der Waals surface area (Å²) in [6, 6.07) is 8.00. The highest BCUT2D eigenvalue weighted by Gasteiger charge is 2.15. The molecule has 4 aromatic rings. The van der Waals surface area contributed by atoms with E-state index in [-0.39, 0.29) is 0 Å². The number of pyridine rings is 1. The molecule has 0 amide bonds. The Hall–Kier alpha value is -3.28. The quantitative estimate of drug-likeness (QED) is 0.625. The molecule has 1 N–H and O–H groups in total. The summed E-state index contributed by atoms with van der Waals surface area (Å²) < 4.78 is 12.9. The van der Waals surface area contributed by atoms with Crippen LogP contribution in [0.5, 0.6) is 11.5 Å². The highest BCUT2D eigenvalue weighted by Crippen LogP contribution is 2.38. The molecule has 3 aromatic heterocycles. The Bertz CT molecular complexity index is 990. The molecule has 1 aromatic carbocycles. The van der Waals surface area contributed by atoms with Crippen LogP contribution in [0.4, 0.5) is 0 Å². The third-order valence-electron chi connectivity index (χ3n) is 4.00. The van der Waals surface area contributed by atoms with Gasteiger partial charge in [0.15, 0.2) is 11.5 Å². The molecular weight excluding hydrogens is 304 g/mol. The summed E-state index contributed by atoms with van der Waals surface area (Å²) in [4.78, 5) is 11.7. The van der Waals surface area contributed by atoms with E-state index in [4.69, 9.17) is 9.47 Å². The van der Waals surface area contributed by atoms with Crippen LogP contribution in [0.2, 0.25) is 0 Å². The lowest BCUT2D eigenvalue weighted by atomic mass is 10.0. The second kappa shape index (κ2) is 5.73. The fourth-order valence-corrected chi connectivity index (χ4v) is 2.80. The van der Waals surface area contributed by atoms with Crippen LogP contribution in [0.25, 0.3) is 27.8 Å². The molecule has 0 saturated heterocycles. The lowest BCUT2D eigenvalue weighted by molar-refractivity contribution is 0.355. The number of aromatic amines is 1. The number of rotatable bonds is 4. The topological polar surface area (TPSA) is 65.0 Å². The number of imidazole rings is 1. The number of aromatic nitrogens is 4. The SMILES string of the molecule is COc1cc(-c2cnc3[nH]ccc3c2)c(-n2ccnc2)cc1OC. The molecule has 0 aliphatic carbocycles. The van der Waals surface area contributed by atoms with Crippen molar-refractivity contribution in [2.75, 3.05) is 14.2 Å². The molecule has 6 heteroatoms. The summed E-state index contributed by atoms with van der Waals surface area (Å²) in [5.41, 5.74) is 3.79. The molecule has 0 spiro atoms. The third kappa shape index (κ3) is 2.28. The Morgan fingerprint density at radius 1 is 1.08 bits per heavy atom. The Morgan fingerprint density at radius 2 is 1.92 bits per heavy atom. The second-order valence-corrected chi connectivity index (χ2v) is 5.33. The second-order valence-electron chi connectivity index (χ2n) is 5.33. The van der Waals surface area contributed by atoms with Crippen molar-refractivity contribution in [3.63, 3.8) is 0 Å². The zero-order chi connectivity index (χ0) is 16.5. The van der Waals surface area contributed by atoms with E-state index in [0.717, 1.165) is 27.8 Å². The van der Waals surface area contributed by atoms with Gasteiger partial charge in [0.05, 0.1) is 26.2 Å². The normalized spacial score (nSPS) is 10.9. The number of nitrogens with one attached hydrogen (secondary N) is 1. The molecule has 0 saturated carbocycles. The molecule has 120 valence electrons. The zero-order valence-electron chi connectivity index (χ0n) is 13.4. The molecule has 0 radical (unpaired) electrons. The van der Waals surface area contributed by atoms with E-state index in [1.807, 2.05) is 41.4 Å². The molecular formula is C18H16N4O2. The van der Waals surface area contributed by atoms with Crippen molar-refractivity contribution in [1.29, 1.82) is 0 Å². The summed E-state index contributed by atoms with van der Waals surface area (Å²) in [6.07, 6.45) is 9.13. The first-order valence-corrected chi connectivity index (χ1v) is 7.48. The number of H-pyrrole nitrogens is 1. The van der Waals surface area contributed by atoms with Crippen LogP contribution < -0.4 is 9.47 Å². The van der Waals surface area contributed by atoms with Crippen molar-refractivity contribution in [2.24, 2.45) is 0 Å². The van der Waals surface area contributed by atoms with Crippen molar-refractivity contribution < 1.29 is 9.47 Å². The molecule has 0 aliphatic rings. The minimum absolute atomic E-state index is 0.667. The van der Waals surface area contributed by atoms with Crippen molar-refractivity contribution in [3.8, 4) is 28.3 Å². The summed E-state index contributed by atoms with van der Waals surface area (Å²) in [5, 5.41) is 1.05. The number of hydrogen-bond donors (Lipinski definition) is 1. The molecule has 3 heterocycles. The number of ether oxygens (including phenoxy) is 2. The predicted molar refractivity (Wildman–Crippen MR) is 91.8 cm³/mol. The summed E-state index contributed by atoms with van der Waals surface area (Å²) in [7, 11) is 3.26. The summed E-state index contributed by atoms with van der Waals surface area (Å²) in [6.45, 7) is 0. The number of nitrogens with zero attached hydrogens (tertiary/aromatic N) is 3. The molecule has 0 aliphatic heterocycles. The lowest BCUT2D eigenvalue weighted by Gasteiger charge is -2.15. The van der Waals surface area contributed by atoms with Crippen LogP contribution in [0.15, 0.2) is 55.4 Å². The van der Waals surface area contributed by atoms with Crippen molar-refractivity contribution in [1.82, 2.24) is 19.5 Å². The van der Waals surface area contributed by atoms with Gasteiger partial charge in [-0.05, 0) is 18.2 Å². The van der Waals surface area contributed by atoms with Gasteiger partial charge >= 0.3 is 0 Å². The average molecular weight is 320 g/mol. The van der Waals surface area contributed by atoms with Crippen LogP contribution in [-0.4, -0.2) is 33.7 Å². The molecule has 0 bridgehead atoms. The van der Waals surface area contributed by atoms with Gasteiger partial charge in [-0.25, -0.2) is 9.97 Å². The Labute approximate surface area is 138 Å². The van der Waals surface area contributed by atoms with E-state index in [9.17, 15) is 0 Å². The van der Waals surface area contributed by atoms with E-state index in [1.165, 1.54) is 0 Å². The molecule has 0 fully saturated rings. The standard InChI is InChI=1S/C18H16N4O2/c1-23-16-8-14(13-7-12-3-4-20-18(12)21-10-13)15(9-17(16)24-2)22-6-5-19-11-22/h3-11H,1-2H3,(H,20,21). The predicted octanol–water partition coefficient (Wildman–Crippen LogP) is 3.43. The lowest BCUT2D eigenvalue weighted by Crippen LogP contribution is -1.99. The monoisotopic (exact) mass is 320 g/mol. The minimum Gasteiger partial charge on any atom is -0.493 e. The van der Waals surface area contributed by atoms with Crippen molar-refractivity contribution in [3.05, 3.63) is 55.4 Å². The molecule has 0 atom stereocenters. The average Bonchev–Trinajstić information content (AvgIpc) is 3.31. The van der Waals surface area contributed by atoms with E-state index in [1.54, 1.807) is 26.7 Å². The van der Waals surface area contributed by atoms with Crippen molar-refractivity contribution >= 4 is 11.0 Å². The number of hydrogen-bond acceptors (Lipinski definition) is 4. The smallest absolute Gasteiger partial charge is 0.162 e. The van der Waals surface area contributed by atoms with Gasteiger partial charge in [0, 0.05) is 47.4 Å². The maximum Gasteiger partial charge on any atom is 0.162 e. The van der Waals surface area contributed by atoms with Gasteiger partial charge in [0.1, 0.15) is 5.65 Å². The highest BCUT2D eigenvalue weighted by molar-refractivity contribution is 5.84. The van der Waals surface area contributed by atoms with Gasteiger partial charge in [-0.3, -0.25) is 0 Å². The first-order chi connectivity index (χ1) is 11.8. The van der Waals surface area contributed by atoms with E-state index < -0.39 is 0 Å². The summed E-state index contributed by atoms with van der Waals surface area (Å²) >= 11 is 0. The van der Waals surface area contributed by atoms with Crippen molar-refractivity contribution in [2.45, 2.75) is 0 Å². The molecule has 4 rings (SSSR count). The van der Waals surface area contributed by atoms with Crippen LogP contribution in [0, 0.1) is 0 Å².